The second-order valence-electron chi connectivity index (χ2n) is 6.64. The minimum Gasteiger partial charge on any atom is -0.378 e. The Morgan fingerprint density at radius 2 is 1.59 bits per heavy atom. The quantitative estimate of drug-likeness (QED) is 0.292. The summed E-state index contributed by atoms with van der Waals surface area (Å²) in [6.07, 6.45) is 1.44. The number of carbonyl (C=O) groups excluding carboxylic acids is 2. The van der Waals surface area contributed by atoms with E-state index in [9.17, 15) is 29.0 Å². The van der Waals surface area contributed by atoms with Crippen molar-refractivity contribution in [3.8, 4) is 0 Å². The molecule has 14 heteroatoms. The number of urea groups is 1. The van der Waals surface area contributed by atoms with Crippen LogP contribution in [0.4, 0.5) is 41.3 Å². The lowest BCUT2D eigenvalue weighted by molar-refractivity contribution is 0.0996. The van der Waals surface area contributed by atoms with Gasteiger partial charge in [-0.3, -0.25) is 9.89 Å². The third-order valence-corrected chi connectivity index (χ3v) is 5.22. The molecular formula is C18H17F5N6O2S. The van der Waals surface area contributed by atoms with Crippen molar-refractivity contribution < 1.29 is 29.0 Å². The Morgan fingerprint density at radius 3 is 2.22 bits per heavy atom. The number of H-pyrrole nitrogens is 1. The van der Waals surface area contributed by atoms with Gasteiger partial charge in [0.2, 0.25) is 0 Å². The molecule has 0 bridgehead atoms. The fourth-order valence-corrected chi connectivity index (χ4v) is 3.36. The third kappa shape index (κ3) is 5.87. The number of carbonyl (C=O) groups is 2. The van der Waals surface area contributed by atoms with Crippen molar-refractivity contribution in [1.82, 2.24) is 10.2 Å². The van der Waals surface area contributed by atoms with Gasteiger partial charge < -0.3 is 21.7 Å². The van der Waals surface area contributed by atoms with Crippen LogP contribution in [0.15, 0.2) is 59.6 Å². The molecule has 0 radical (unpaired) electrons. The number of nitrogens with one attached hydrogen (secondary N) is 4. The molecular weight excluding hydrogens is 459 g/mol. The van der Waals surface area contributed by atoms with Crippen molar-refractivity contribution in [3.05, 3.63) is 66.0 Å². The first-order valence-corrected chi connectivity index (χ1v) is 10.7. The van der Waals surface area contributed by atoms with Crippen LogP contribution < -0.4 is 21.7 Å². The Bertz CT molecular complexity index is 1180. The highest BCUT2D eigenvalue weighted by Gasteiger charge is 2.65. The van der Waals surface area contributed by atoms with Gasteiger partial charge in [0.15, 0.2) is 5.69 Å². The van der Waals surface area contributed by atoms with Crippen molar-refractivity contribution in [2.45, 2.75) is 11.4 Å². The van der Waals surface area contributed by atoms with Crippen LogP contribution >= 0.6 is 10.2 Å². The number of anilines is 3. The number of hydrogen-bond acceptors (Lipinski definition) is 4. The summed E-state index contributed by atoms with van der Waals surface area (Å²) < 4.78 is 64.7. The summed E-state index contributed by atoms with van der Waals surface area (Å²) in [6, 6.07) is 7.68. The normalized spacial score (nSPS) is 13.5. The molecule has 3 amide bonds. The van der Waals surface area contributed by atoms with Gasteiger partial charge in [0.1, 0.15) is 4.90 Å². The lowest BCUT2D eigenvalue weighted by Gasteiger charge is -2.40. The number of nitrogens with two attached hydrogens (primary N) is 1. The first-order valence-electron chi connectivity index (χ1n) is 8.80. The van der Waals surface area contributed by atoms with Crippen LogP contribution in [0.1, 0.15) is 16.1 Å². The third-order valence-electron chi connectivity index (χ3n) is 4.08. The molecule has 32 heavy (non-hydrogen) atoms. The highest BCUT2D eigenvalue weighted by atomic mass is 32.5. The molecule has 0 atom stereocenters. The van der Waals surface area contributed by atoms with Gasteiger partial charge in [-0.15, -0.1) is 0 Å². The fourth-order valence-electron chi connectivity index (χ4n) is 2.68. The standard InChI is InChI=1S/C18H17F5N6O2S/c19-32(20,21,22,23)14-6-2-5-13(8-14)28-18(31)27-12-4-1-3-11(7-12)9-25-15-10-26-29-16(15)17(24)30/h1-8,10,25H,9H2,(H2,24,30)(H,26,29)(H2,27,28,31). The molecule has 3 rings (SSSR count). The average Bonchev–Trinajstić information content (AvgIpc) is 3.14. The van der Waals surface area contributed by atoms with E-state index in [4.69, 9.17) is 5.73 Å². The molecule has 8 nitrogen and oxygen atoms in total. The Hall–Kier alpha value is -3.81. The summed E-state index contributed by atoms with van der Waals surface area (Å²) in [5, 5.41) is 13.6. The summed E-state index contributed by atoms with van der Waals surface area (Å²) in [6.45, 7) is 0.225. The summed E-state index contributed by atoms with van der Waals surface area (Å²) in [7, 11) is -9.87. The van der Waals surface area contributed by atoms with Crippen molar-refractivity contribution in [2.75, 3.05) is 16.0 Å². The van der Waals surface area contributed by atoms with E-state index >= 15 is 0 Å². The average molecular weight is 476 g/mol. The monoisotopic (exact) mass is 476 g/mol. The summed E-state index contributed by atoms with van der Waals surface area (Å²) in [4.78, 5) is 21.3. The van der Waals surface area contributed by atoms with Crippen molar-refractivity contribution in [3.63, 3.8) is 0 Å². The van der Waals surface area contributed by atoms with Crippen molar-refractivity contribution in [2.24, 2.45) is 5.73 Å². The minimum absolute atomic E-state index is 0.0208. The lowest BCUT2D eigenvalue weighted by atomic mass is 10.2. The molecule has 3 aromatic rings. The zero-order valence-electron chi connectivity index (χ0n) is 16.0. The molecule has 1 aromatic heterocycles. The number of aromatic nitrogens is 2. The van der Waals surface area contributed by atoms with Gasteiger partial charge in [0.25, 0.3) is 5.91 Å². The molecule has 0 saturated carbocycles. The van der Waals surface area contributed by atoms with Gasteiger partial charge in [0.05, 0.1) is 5.69 Å². The first-order chi connectivity index (χ1) is 14.7. The smallest absolute Gasteiger partial charge is 0.323 e. The molecule has 6 N–H and O–H groups in total. The summed E-state index contributed by atoms with van der Waals surface area (Å²) >= 11 is 0. The molecule has 0 aliphatic heterocycles. The van der Waals surface area contributed by atoms with Gasteiger partial charge in [0, 0.05) is 24.1 Å². The first kappa shape index (κ1) is 22.9. The van der Waals surface area contributed by atoms with E-state index in [1.54, 1.807) is 18.2 Å². The number of aromatic amines is 1. The van der Waals surface area contributed by atoms with Crippen LogP contribution in [-0.4, -0.2) is 22.1 Å². The second-order valence-corrected chi connectivity index (χ2v) is 9.05. The van der Waals surface area contributed by atoms with E-state index in [2.05, 4.69) is 26.1 Å². The maximum atomic E-state index is 12.9. The van der Waals surface area contributed by atoms with Crippen LogP contribution in [0.5, 0.6) is 0 Å². The Balaban J connectivity index is 1.65. The van der Waals surface area contributed by atoms with Crippen molar-refractivity contribution >= 4 is 39.2 Å². The molecule has 0 fully saturated rings. The predicted octanol–water partition coefficient (Wildman–Crippen LogP) is 5.42. The number of hydrogen-bond donors (Lipinski definition) is 5. The Labute approximate surface area is 178 Å². The number of rotatable bonds is 7. The van der Waals surface area contributed by atoms with Crippen LogP contribution in [0, 0.1) is 0 Å². The maximum absolute atomic E-state index is 12.9. The number of halogens is 5. The van der Waals surface area contributed by atoms with Crippen LogP contribution in [0.3, 0.4) is 0 Å². The van der Waals surface area contributed by atoms with E-state index in [0.29, 0.717) is 11.3 Å². The number of amides is 3. The van der Waals surface area contributed by atoms with Gasteiger partial charge in [-0.2, -0.15) is 5.10 Å². The Morgan fingerprint density at radius 1 is 0.969 bits per heavy atom. The molecule has 1 heterocycles. The van der Waals surface area contributed by atoms with Gasteiger partial charge in [-0.1, -0.05) is 37.6 Å². The Kier molecular flexibility index (Phi) is 5.29. The highest BCUT2D eigenvalue weighted by Crippen LogP contribution is 3.02. The largest absolute Gasteiger partial charge is 0.378 e. The van der Waals surface area contributed by atoms with Crippen LogP contribution in [-0.2, 0) is 6.54 Å². The molecule has 2 aromatic carbocycles. The zero-order chi connectivity index (χ0) is 23.6. The van der Waals surface area contributed by atoms with E-state index in [1.807, 2.05) is 0 Å². The highest BCUT2D eigenvalue weighted by molar-refractivity contribution is 8.45. The van der Waals surface area contributed by atoms with Crippen molar-refractivity contribution in [1.29, 1.82) is 0 Å². The van der Waals surface area contributed by atoms with Gasteiger partial charge in [-0.25, -0.2) is 4.79 Å². The van der Waals surface area contributed by atoms with Gasteiger partial charge in [-0.05, 0) is 35.9 Å². The molecule has 0 aliphatic rings. The maximum Gasteiger partial charge on any atom is 0.323 e. The second kappa shape index (κ2) is 7.40. The topological polar surface area (TPSA) is 125 Å². The fraction of sp³-hybridized carbons (Fsp3) is 0.0556. The molecule has 0 saturated heterocycles. The zero-order valence-corrected chi connectivity index (χ0v) is 16.9. The minimum atomic E-state index is -9.87. The summed E-state index contributed by atoms with van der Waals surface area (Å²) in [5.41, 5.74) is 6.09. The number of nitrogens with zero attached hydrogens (tertiary/aromatic N) is 1. The molecule has 0 unspecified atom stereocenters. The SMILES string of the molecule is NC(=O)c1n[nH]cc1NCc1cccc(NC(=O)Nc2cccc(S(F)(F)(F)(F)F)c2)c1. The molecule has 172 valence electrons. The van der Waals surface area contributed by atoms with E-state index in [-0.39, 0.29) is 30.1 Å². The van der Waals surface area contributed by atoms with E-state index < -0.39 is 32.7 Å². The van der Waals surface area contributed by atoms with Crippen LogP contribution in [0.2, 0.25) is 0 Å². The van der Waals surface area contributed by atoms with Gasteiger partial charge >= 0.3 is 16.3 Å². The number of primary amides is 1. The van der Waals surface area contributed by atoms with E-state index in [1.165, 1.54) is 12.3 Å². The van der Waals surface area contributed by atoms with E-state index in [0.717, 1.165) is 12.1 Å². The molecule has 0 spiro atoms. The number of benzene rings is 2. The lowest BCUT2D eigenvalue weighted by Crippen LogP contribution is -2.20. The molecule has 0 aliphatic carbocycles. The predicted molar refractivity (Wildman–Crippen MR) is 111 cm³/mol. The van der Waals surface area contributed by atoms with Crippen LogP contribution in [0.25, 0.3) is 0 Å². The summed E-state index contributed by atoms with van der Waals surface area (Å²) in [5.74, 6) is -0.727.